The predicted molar refractivity (Wildman–Crippen MR) is 121 cm³/mol. The van der Waals surface area contributed by atoms with Crippen LogP contribution in [0.1, 0.15) is 17.3 Å². The van der Waals surface area contributed by atoms with E-state index in [1.54, 1.807) is 13.1 Å². The van der Waals surface area contributed by atoms with Gasteiger partial charge in [-0.05, 0) is 43.3 Å². The van der Waals surface area contributed by atoms with E-state index in [4.69, 9.17) is 4.74 Å². The number of carbonyl (C=O) groups is 1. The lowest BCUT2D eigenvalue weighted by Crippen LogP contribution is -2.36. The van der Waals surface area contributed by atoms with Crippen molar-refractivity contribution in [3.05, 3.63) is 72.4 Å². The van der Waals surface area contributed by atoms with Crippen molar-refractivity contribution in [3.8, 4) is 11.3 Å². The van der Waals surface area contributed by atoms with Crippen molar-refractivity contribution >= 4 is 28.6 Å². The van der Waals surface area contributed by atoms with Crippen LogP contribution in [0, 0.1) is 0 Å². The first-order chi connectivity index (χ1) is 15.2. The van der Waals surface area contributed by atoms with E-state index in [0.29, 0.717) is 11.5 Å². The highest BCUT2D eigenvalue weighted by molar-refractivity contribution is 6.00. The molecule has 0 amide bonds. The Labute approximate surface area is 180 Å². The first-order valence-electron chi connectivity index (χ1n) is 10.3. The van der Waals surface area contributed by atoms with Gasteiger partial charge in [0, 0.05) is 35.6 Å². The normalized spacial score (nSPS) is 14.0. The summed E-state index contributed by atoms with van der Waals surface area (Å²) in [7, 11) is 0. The summed E-state index contributed by atoms with van der Waals surface area (Å²) in [5.41, 5.74) is 5.34. The van der Waals surface area contributed by atoms with Crippen LogP contribution >= 0.6 is 0 Å². The lowest BCUT2D eigenvalue weighted by molar-refractivity contribution is 0.101. The second-order valence-electron chi connectivity index (χ2n) is 7.51. The molecule has 5 rings (SSSR count). The van der Waals surface area contributed by atoms with Gasteiger partial charge in [0.15, 0.2) is 5.78 Å². The average molecular weight is 413 g/mol. The van der Waals surface area contributed by atoms with Gasteiger partial charge in [-0.2, -0.15) is 0 Å². The molecule has 0 aliphatic carbocycles. The Hall–Kier alpha value is -3.71. The molecular formula is C24H23N5O2. The third-order valence-corrected chi connectivity index (χ3v) is 5.48. The summed E-state index contributed by atoms with van der Waals surface area (Å²) in [5.74, 6) is 0.516. The molecule has 7 nitrogen and oxygen atoms in total. The third-order valence-electron chi connectivity index (χ3n) is 5.48. The number of ketones is 1. The molecule has 2 aromatic carbocycles. The zero-order chi connectivity index (χ0) is 21.2. The number of fused-ring (bicyclic) bond motifs is 1. The number of ether oxygens (including phenoxy) is 1. The number of Topliss-reactive ketones (excluding diaryl/α,β-unsaturated/α-hetero) is 1. The molecule has 0 radical (unpaired) electrons. The van der Waals surface area contributed by atoms with E-state index in [-0.39, 0.29) is 5.78 Å². The number of benzene rings is 2. The van der Waals surface area contributed by atoms with E-state index in [9.17, 15) is 4.79 Å². The number of aromatic nitrogens is 3. The molecule has 3 heterocycles. The SMILES string of the molecule is CC(=O)c1ccccc1-c1ccc2cnc(Nc3ccc(N4CCOCC4)cc3)nn12. The largest absolute Gasteiger partial charge is 0.378 e. The summed E-state index contributed by atoms with van der Waals surface area (Å²) >= 11 is 0. The van der Waals surface area contributed by atoms with Gasteiger partial charge in [0.1, 0.15) is 0 Å². The Morgan fingerprint density at radius 1 is 1.00 bits per heavy atom. The molecule has 0 bridgehead atoms. The van der Waals surface area contributed by atoms with Crippen LogP contribution in [0.25, 0.3) is 16.8 Å². The van der Waals surface area contributed by atoms with Gasteiger partial charge < -0.3 is 15.0 Å². The van der Waals surface area contributed by atoms with E-state index < -0.39 is 0 Å². The molecule has 7 heteroatoms. The minimum absolute atomic E-state index is 0.0262. The molecule has 156 valence electrons. The minimum atomic E-state index is 0.0262. The van der Waals surface area contributed by atoms with Gasteiger partial charge >= 0.3 is 0 Å². The molecule has 1 aliphatic rings. The molecule has 1 aliphatic heterocycles. The van der Waals surface area contributed by atoms with Gasteiger partial charge in [-0.3, -0.25) is 4.79 Å². The van der Waals surface area contributed by atoms with Crippen molar-refractivity contribution in [1.82, 2.24) is 14.6 Å². The molecule has 2 aromatic heterocycles. The number of morpholine rings is 1. The van der Waals surface area contributed by atoms with E-state index in [0.717, 1.165) is 48.8 Å². The summed E-state index contributed by atoms with van der Waals surface area (Å²) in [6.07, 6.45) is 1.78. The molecule has 0 saturated carbocycles. The van der Waals surface area contributed by atoms with Gasteiger partial charge in [-0.1, -0.05) is 24.3 Å². The molecule has 0 unspecified atom stereocenters. The van der Waals surface area contributed by atoms with Gasteiger partial charge in [-0.15, -0.1) is 5.10 Å². The fourth-order valence-electron chi connectivity index (χ4n) is 3.88. The lowest BCUT2D eigenvalue weighted by Gasteiger charge is -2.28. The molecule has 1 N–H and O–H groups in total. The Morgan fingerprint density at radius 3 is 2.55 bits per heavy atom. The maximum Gasteiger partial charge on any atom is 0.245 e. The highest BCUT2D eigenvalue weighted by Crippen LogP contribution is 2.27. The van der Waals surface area contributed by atoms with E-state index in [1.165, 1.54) is 5.69 Å². The van der Waals surface area contributed by atoms with Crippen LogP contribution in [-0.4, -0.2) is 46.7 Å². The number of hydrogen-bond donors (Lipinski definition) is 1. The second-order valence-corrected chi connectivity index (χ2v) is 7.51. The summed E-state index contributed by atoms with van der Waals surface area (Å²) in [5, 5.41) is 7.95. The van der Waals surface area contributed by atoms with Crippen molar-refractivity contribution in [3.63, 3.8) is 0 Å². The van der Waals surface area contributed by atoms with Crippen LogP contribution in [0.4, 0.5) is 17.3 Å². The van der Waals surface area contributed by atoms with Crippen molar-refractivity contribution in [2.45, 2.75) is 6.92 Å². The molecule has 0 spiro atoms. The number of anilines is 3. The first kappa shape index (κ1) is 19.3. The number of nitrogens with one attached hydrogen (secondary N) is 1. The summed E-state index contributed by atoms with van der Waals surface area (Å²) in [6, 6.07) is 19.7. The van der Waals surface area contributed by atoms with Gasteiger partial charge in [0.05, 0.1) is 30.6 Å². The van der Waals surface area contributed by atoms with Crippen LogP contribution in [0.5, 0.6) is 0 Å². The number of carbonyl (C=O) groups excluding carboxylic acids is 1. The van der Waals surface area contributed by atoms with Gasteiger partial charge in [0.2, 0.25) is 5.95 Å². The highest BCUT2D eigenvalue weighted by Gasteiger charge is 2.14. The number of nitrogens with zero attached hydrogens (tertiary/aromatic N) is 4. The fraction of sp³-hybridized carbons (Fsp3) is 0.208. The first-order valence-corrected chi connectivity index (χ1v) is 10.3. The van der Waals surface area contributed by atoms with Crippen molar-refractivity contribution in [2.24, 2.45) is 0 Å². The van der Waals surface area contributed by atoms with Crippen LogP contribution in [0.2, 0.25) is 0 Å². The van der Waals surface area contributed by atoms with Gasteiger partial charge in [-0.25, -0.2) is 9.50 Å². The van der Waals surface area contributed by atoms with Crippen LogP contribution in [0.15, 0.2) is 66.9 Å². The summed E-state index contributed by atoms with van der Waals surface area (Å²) < 4.78 is 7.24. The topological polar surface area (TPSA) is 71.8 Å². The monoisotopic (exact) mass is 413 g/mol. The molecular weight excluding hydrogens is 390 g/mol. The van der Waals surface area contributed by atoms with E-state index in [2.05, 4.69) is 32.4 Å². The minimum Gasteiger partial charge on any atom is -0.378 e. The van der Waals surface area contributed by atoms with E-state index in [1.807, 2.05) is 53.0 Å². The van der Waals surface area contributed by atoms with Crippen LogP contribution in [0.3, 0.4) is 0 Å². The third kappa shape index (κ3) is 3.87. The van der Waals surface area contributed by atoms with Gasteiger partial charge in [0.25, 0.3) is 0 Å². The summed E-state index contributed by atoms with van der Waals surface area (Å²) in [6.45, 7) is 4.92. The smallest absolute Gasteiger partial charge is 0.245 e. The Balaban J connectivity index is 1.43. The molecule has 1 saturated heterocycles. The number of rotatable bonds is 5. The number of hydrogen-bond acceptors (Lipinski definition) is 6. The van der Waals surface area contributed by atoms with E-state index >= 15 is 0 Å². The Bertz CT molecular complexity index is 1230. The van der Waals surface area contributed by atoms with Crippen molar-refractivity contribution < 1.29 is 9.53 Å². The average Bonchev–Trinajstić information content (AvgIpc) is 3.23. The highest BCUT2D eigenvalue weighted by atomic mass is 16.5. The molecule has 0 atom stereocenters. The maximum absolute atomic E-state index is 12.1. The second kappa shape index (κ2) is 8.20. The standard InChI is InChI=1S/C24H23N5O2/c1-17(30)21-4-2-3-5-22(21)23-11-10-20-16-25-24(27-29(20)23)26-18-6-8-19(9-7-18)28-12-14-31-15-13-28/h2-11,16H,12-15H2,1H3,(H,26,27). The molecule has 1 fully saturated rings. The predicted octanol–water partition coefficient (Wildman–Crippen LogP) is 4.18. The lowest BCUT2D eigenvalue weighted by atomic mass is 10.0. The summed E-state index contributed by atoms with van der Waals surface area (Å²) in [4.78, 5) is 18.8. The van der Waals surface area contributed by atoms with Crippen LogP contribution in [-0.2, 0) is 4.74 Å². The van der Waals surface area contributed by atoms with Crippen LogP contribution < -0.4 is 10.2 Å². The zero-order valence-electron chi connectivity index (χ0n) is 17.3. The molecule has 4 aromatic rings. The zero-order valence-corrected chi connectivity index (χ0v) is 17.3. The quantitative estimate of drug-likeness (QED) is 0.495. The Morgan fingerprint density at radius 2 is 1.77 bits per heavy atom. The maximum atomic E-state index is 12.1. The fourth-order valence-corrected chi connectivity index (χ4v) is 3.88. The Kier molecular flexibility index (Phi) is 5.09. The van der Waals surface area contributed by atoms with Crippen molar-refractivity contribution in [1.29, 1.82) is 0 Å². The molecule has 31 heavy (non-hydrogen) atoms. The van der Waals surface area contributed by atoms with Crippen molar-refractivity contribution in [2.75, 3.05) is 36.5 Å².